The fourth-order valence-corrected chi connectivity index (χ4v) is 1.37. The van der Waals surface area contributed by atoms with E-state index in [1.54, 1.807) is 0 Å². The van der Waals surface area contributed by atoms with Gasteiger partial charge in [0.25, 0.3) is 5.09 Å². The number of rotatable bonds is 1. The minimum atomic E-state index is -4.67. The van der Waals surface area contributed by atoms with Crippen LogP contribution in [0.3, 0.4) is 0 Å². The molecule has 2 aromatic rings. The van der Waals surface area contributed by atoms with Gasteiger partial charge in [0.1, 0.15) is 17.5 Å². The van der Waals surface area contributed by atoms with E-state index in [-0.39, 0.29) is 11.1 Å². The average molecular weight is 462 g/mol. The van der Waals surface area contributed by atoms with E-state index in [9.17, 15) is 27.7 Å². The maximum atomic E-state index is 12.8. The molecule has 0 spiro atoms. The Morgan fingerprint density at radius 1 is 0.833 bits per heavy atom. The normalized spacial score (nSPS) is 9.60. The number of nitrogens with zero attached hydrogens (tertiary/aromatic N) is 2. The van der Waals surface area contributed by atoms with Crippen LogP contribution in [-0.2, 0) is 10.4 Å². The van der Waals surface area contributed by atoms with Gasteiger partial charge in [0.2, 0.25) is 5.82 Å². The highest BCUT2D eigenvalue weighted by Gasteiger charge is 2.17. The molecule has 30 heavy (non-hydrogen) atoms. The van der Waals surface area contributed by atoms with Crippen molar-refractivity contribution in [2.24, 2.45) is 0 Å². The summed E-state index contributed by atoms with van der Waals surface area (Å²) in [6.07, 6.45) is 0. The number of hydrogen-bond acceptors (Lipinski definition) is 6. The first kappa shape index (κ1) is 28.8. The Balaban J connectivity index is 0. The number of benzene rings is 2. The summed E-state index contributed by atoms with van der Waals surface area (Å²) in [7, 11) is -4.67. The van der Waals surface area contributed by atoms with Gasteiger partial charge in [0, 0.05) is 17.2 Å². The Kier molecular flexibility index (Phi) is 12.5. The lowest BCUT2D eigenvalue weighted by atomic mass is 10.2. The molecule has 11 nitrogen and oxygen atoms in total. The van der Waals surface area contributed by atoms with Crippen molar-refractivity contribution in [1.82, 2.24) is 0 Å². The predicted molar refractivity (Wildman–Crippen MR) is 91.8 cm³/mol. The Bertz CT molecular complexity index is 955. The summed E-state index contributed by atoms with van der Waals surface area (Å²) in [5.41, 5.74) is -0.949. The molecule has 0 aliphatic rings. The Hall–Kier alpha value is -3.37. The molecular weight excluding hydrogens is 448 g/mol. The van der Waals surface area contributed by atoms with E-state index in [4.69, 9.17) is 32.8 Å². The molecule has 168 valence electrons. The van der Waals surface area contributed by atoms with Crippen LogP contribution in [0, 0.1) is 57.3 Å². The van der Waals surface area contributed by atoms with Crippen LogP contribution in [0.25, 0.3) is 0 Å². The molecule has 0 radical (unpaired) electrons. The lowest BCUT2D eigenvalue weighted by molar-refractivity contribution is -0.742. The molecule has 0 aromatic heterocycles. The minimum absolute atomic E-state index is 0.0810. The zero-order chi connectivity index (χ0) is 24.2. The van der Waals surface area contributed by atoms with Crippen LogP contribution in [0.1, 0.15) is 11.1 Å². The molecule has 0 heterocycles. The highest BCUT2D eigenvalue weighted by atomic mass is 32.3. The zero-order valence-corrected chi connectivity index (χ0v) is 15.8. The second kappa shape index (κ2) is 13.0. The molecule has 0 aliphatic heterocycles. The molecule has 0 saturated heterocycles. The van der Waals surface area contributed by atoms with E-state index in [2.05, 4.69) is 0 Å². The standard InChI is InChI=1S/C7H5F2NO2.C7H6F2.HNO3.H2O4S/c1-4-5(8)2-3-6(7(4)9)10(11)12;1-5-6(8)3-2-4-7(5)9;2-1(3)4;1-5(2,3)4/h2-3H,1H3;2-4H,1H3;(H,2,3,4);(H2,1,2,3,4). The van der Waals surface area contributed by atoms with E-state index >= 15 is 0 Å². The van der Waals surface area contributed by atoms with E-state index in [0.717, 1.165) is 19.1 Å². The van der Waals surface area contributed by atoms with Crippen molar-refractivity contribution in [2.45, 2.75) is 13.8 Å². The van der Waals surface area contributed by atoms with Crippen LogP contribution < -0.4 is 0 Å². The molecule has 0 atom stereocenters. The summed E-state index contributed by atoms with van der Waals surface area (Å²) < 4.78 is 81.7. The van der Waals surface area contributed by atoms with Crippen molar-refractivity contribution in [3.8, 4) is 0 Å². The molecule has 0 fully saturated rings. The summed E-state index contributed by atoms with van der Waals surface area (Å²) in [6.45, 7) is 2.56. The highest BCUT2D eigenvalue weighted by Crippen LogP contribution is 2.21. The topological polar surface area (TPSA) is 181 Å². The van der Waals surface area contributed by atoms with E-state index in [1.807, 2.05) is 0 Å². The first-order chi connectivity index (χ1) is 13.5. The second-order valence-corrected chi connectivity index (χ2v) is 5.69. The van der Waals surface area contributed by atoms with Gasteiger partial charge < -0.3 is 5.21 Å². The Morgan fingerprint density at radius 3 is 1.47 bits per heavy atom. The fraction of sp³-hybridized carbons (Fsp3) is 0.143. The Labute approximate surface area is 166 Å². The molecule has 3 N–H and O–H groups in total. The van der Waals surface area contributed by atoms with Gasteiger partial charge in [-0.3, -0.25) is 19.2 Å². The number of halogens is 4. The maximum Gasteiger partial charge on any atom is 0.394 e. The highest BCUT2D eigenvalue weighted by molar-refractivity contribution is 7.79. The molecule has 0 aliphatic carbocycles. The van der Waals surface area contributed by atoms with Crippen LogP contribution in [0.2, 0.25) is 0 Å². The summed E-state index contributed by atoms with van der Waals surface area (Å²) >= 11 is 0. The molecular formula is C14H14F4N2O9S. The molecule has 2 rings (SSSR count). The van der Waals surface area contributed by atoms with Crippen LogP contribution in [0.4, 0.5) is 23.2 Å². The molecule has 0 amide bonds. The second-order valence-electron chi connectivity index (χ2n) is 4.79. The van der Waals surface area contributed by atoms with Gasteiger partial charge in [-0.25, -0.2) is 13.2 Å². The number of hydrogen-bond donors (Lipinski definition) is 3. The molecule has 16 heteroatoms. The SMILES string of the molecule is Cc1c(F)ccc([N+](=O)[O-])c1F.Cc1c(F)cccc1F.O=S(=O)(O)O.O=[N+]([O-])O. The third-order valence-corrected chi connectivity index (χ3v) is 2.70. The van der Waals surface area contributed by atoms with Crippen molar-refractivity contribution in [1.29, 1.82) is 0 Å². The van der Waals surface area contributed by atoms with Gasteiger partial charge in [-0.15, -0.1) is 10.1 Å². The van der Waals surface area contributed by atoms with Crippen LogP contribution in [0.15, 0.2) is 30.3 Å². The van der Waals surface area contributed by atoms with Crippen molar-refractivity contribution in [2.75, 3.05) is 0 Å². The minimum Gasteiger partial charge on any atom is -0.328 e. The third kappa shape index (κ3) is 13.7. The first-order valence-corrected chi connectivity index (χ1v) is 8.41. The molecule has 2 aromatic carbocycles. The van der Waals surface area contributed by atoms with Gasteiger partial charge in [0.05, 0.1) is 4.92 Å². The summed E-state index contributed by atoms with van der Waals surface area (Å²) in [5, 5.41) is 23.8. The van der Waals surface area contributed by atoms with Crippen LogP contribution in [0.5, 0.6) is 0 Å². The van der Waals surface area contributed by atoms with Gasteiger partial charge in [-0.05, 0) is 32.0 Å². The fourth-order valence-electron chi connectivity index (χ4n) is 1.37. The van der Waals surface area contributed by atoms with Gasteiger partial charge in [0.15, 0.2) is 0 Å². The summed E-state index contributed by atoms with van der Waals surface area (Å²) in [4.78, 5) is 17.6. The maximum absolute atomic E-state index is 12.8. The van der Waals surface area contributed by atoms with E-state index in [0.29, 0.717) is 0 Å². The average Bonchev–Trinajstić information content (AvgIpc) is 2.56. The predicted octanol–water partition coefficient (Wildman–Crippen LogP) is 3.45. The quantitative estimate of drug-likeness (QED) is 0.247. The van der Waals surface area contributed by atoms with Gasteiger partial charge in [-0.1, -0.05) is 6.07 Å². The van der Waals surface area contributed by atoms with Crippen LogP contribution >= 0.6 is 0 Å². The lowest BCUT2D eigenvalue weighted by Crippen LogP contribution is -1.96. The third-order valence-electron chi connectivity index (χ3n) is 2.70. The van der Waals surface area contributed by atoms with E-state index in [1.165, 1.54) is 25.1 Å². The monoisotopic (exact) mass is 462 g/mol. The number of nitro benzene ring substituents is 1. The summed E-state index contributed by atoms with van der Waals surface area (Å²) in [5.74, 6) is -2.87. The smallest absolute Gasteiger partial charge is 0.328 e. The van der Waals surface area contributed by atoms with Gasteiger partial charge in [-0.2, -0.15) is 12.8 Å². The van der Waals surface area contributed by atoms with Crippen LogP contribution in [-0.4, -0.2) is 32.7 Å². The number of nitro groups is 1. The van der Waals surface area contributed by atoms with E-state index < -0.39 is 49.4 Å². The lowest BCUT2D eigenvalue weighted by Gasteiger charge is -1.97. The molecule has 0 saturated carbocycles. The largest absolute Gasteiger partial charge is 0.394 e. The van der Waals surface area contributed by atoms with Crippen molar-refractivity contribution < 1.29 is 50.3 Å². The van der Waals surface area contributed by atoms with Crippen molar-refractivity contribution >= 4 is 16.1 Å². The van der Waals surface area contributed by atoms with Crippen molar-refractivity contribution in [3.63, 3.8) is 0 Å². The Morgan fingerprint density at radius 2 is 1.17 bits per heavy atom. The summed E-state index contributed by atoms with van der Waals surface area (Å²) in [6, 6.07) is 5.49. The molecule has 0 bridgehead atoms. The molecule has 0 unspecified atom stereocenters. The van der Waals surface area contributed by atoms with Crippen molar-refractivity contribution in [3.05, 3.63) is 85.0 Å². The van der Waals surface area contributed by atoms with Gasteiger partial charge >= 0.3 is 16.1 Å². The first-order valence-electron chi connectivity index (χ1n) is 7.01. The zero-order valence-electron chi connectivity index (χ0n) is 15.0.